The highest BCUT2D eigenvalue weighted by Crippen LogP contribution is 2.40. The number of carbonyl (C=O) groups is 2. The van der Waals surface area contributed by atoms with Crippen LogP contribution in [0.3, 0.4) is 0 Å². The van der Waals surface area contributed by atoms with E-state index in [1.54, 1.807) is 36.4 Å². The van der Waals surface area contributed by atoms with Gasteiger partial charge in [0.15, 0.2) is 11.5 Å². The highest BCUT2D eigenvalue weighted by Gasteiger charge is 2.35. The Labute approximate surface area is 114 Å². The van der Waals surface area contributed by atoms with Crippen LogP contribution < -0.4 is 0 Å². The number of benzene rings is 2. The van der Waals surface area contributed by atoms with E-state index in [9.17, 15) is 9.59 Å². The molecule has 4 nitrogen and oxygen atoms in total. The number of ether oxygens (including phenoxy) is 2. The van der Waals surface area contributed by atoms with Crippen LogP contribution in [0.4, 0.5) is 0 Å². The van der Waals surface area contributed by atoms with E-state index in [2.05, 4.69) is 0 Å². The molecule has 2 aliphatic rings. The lowest BCUT2D eigenvalue weighted by atomic mass is 10.0. The van der Waals surface area contributed by atoms with Crippen molar-refractivity contribution in [2.24, 2.45) is 0 Å². The van der Waals surface area contributed by atoms with Crippen molar-refractivity contribution in [1.29, 1.82) is 0 Å². The normalized spacial score (nSPS) is 19.4. The molecule has 0 fully saturated rings. The minimum atomic E-state index is -0.427. The third-order valence-electron chi connectivity index (χ3n) is 3.38. The number of cyclic esters (lactones) is 2. The molecule has 2 heterocycles. The Morgan fingerprint density at radius 1 is 0.550 bits per heavy atom. The Bertz CT molecular complexity index is 734. The zero-order chi connectivity index (χ0) is 13.7. The van der Waals surface area contributed by atoms with Gasteiger partial charge in [0.2, 0.25) is 0 Å². The highest BCUT2D eigenvalue weighted by atomic mass is 16.6. The van der Waals surface area contributed by atoms with E-state index in [0.717, 1.165) is 0 Å². The molecule has 96 valence electrons. The van der Waals surface area contributed by atoms with Crippen molar-refractivity contribution in [3.05, 3.63) is 70.8 Å². The van der Waals surface area contributed by atoms with Gasteiger partial charge in [-0.2, -0.15) is 0 Å². The summed E-state index contributed by atoms with van der Waals surface area (Å²) in [5, 5.41) is 0. The maximum atomic E-state index is 11.8. The quantitative estimate of drug-likeness (QED) is 0.686. The van der Waals surface area contributed by atoms with Crippen LogP contribution in [0.2, 0.25) is 0 Å². The van der Waals surface area contributed by atoms with E-state index in [1.165, 1.54) is 0 Å². The molecule has 0 aromatic heterocycles. The van der Waals surface area contributed by atoms with Crippen LogP contribution in [-0.2, 0) is 9.47 Å². The molecule has 0 aliphatic carbocycles. The fourth-order valence-corrected chi connectivity index (χ4v) is 2.46. The van der Waals surface area contributed by atoms with Crippen LogP contribution >= 0.6 is 0 Å². The summed E-state index contributed by atoms with van der Waals surface area (Å²) >= 11 is 0. The van der Waals surface area contributed by atoms with Gasteiger partial charge in [0, 0.05) is 11.1 Å². The smallest absolute Gasteiger partial charge is 0.344 e. The zero-order valence-corrected chi connectivity index (χ0v) is 10.3. The summed E-state index contributed by atoms with van der Waals surface area (Å²) in [4.78, 5) is 23.7. The highest BCUT2D eigenvalue weighted by molar-refractivity contribution is 6.12. The standard InChI is InChI=1S/C16H8O4/c17-15-11-7-3-1-5-9(11)13(19-15)14-10-6-2-4-8-12(10)16(18)20-14/h1-8H/b14-13+. The van der Waals surface area contributed by atoms with Gasteiger partial charge >= 0.3 is 11.9 Å². The average molecular weight is 264 g/mol. The number of carbonyl (C=O) groups excluding carboxylic acids is 2. The lowest BCUT2D eigenvalue weighted by Crippen LogP contribution is -1.94. The molecule has 2 aromatic carbocycles. The van der Waals surface area contributed by atoms with Crippen molar-refractivity contribution in [3.8, 4) is 0 Å². The van der Waals surface area contributed by atoms with Crippen molar-refractivity contribution in [3.63, 3.8) is 0 Å². The average Bonchev–Trinajstić information content (AvgIpc) is 2.99. The monoisotopic (exact) mass is 264 g/mol. The van der Waals surface area contributed by atoms with E-state index in [0.29, 0.717) is 33.8 Å². The summed E-state index contributed by atoms with van der Waals surface area (Å²) < 4.78 is 10.6. The molecule has 4 heteroatoms. The lowest BCUT2D eigenvalue weighted by Gasteiger charge is -2.03. The Kier molecular flexibility index (Phi) is 2.09. The van der Waals surface area contributed by atoms with E-state index >= 15 is 0 Å². The summed E-state index contributed by atoms with van der Waals surface area (Å²) in [7, 11) is 0. The number of hydrogen-bond acceptors (Lipinski definition) is 4. The van der Waals surface area contributed by atoms with Crippen molar-refractivity contribution in [2.45, 2.75) is 0 Å². The molecule has 0 unspecified atom stereocenters. The maximum Gasteiger partial charge on any atom is 0.344 e. The van der Waals surface area contributed by atoms with E-state index in [-0.39, 0.29) is 0 Å². The SMILES string of the molecule is O=C1O/C(=C2/OC(=O)c3ccccc32)c2ccccc21. The van der Waals surface area contributed by atoms with Crippen LogP contribution in [-0.4, -0.2) is 11.9 Å². The number of esters is 2. The minimum Gasteiger partial charge on any atom is -0.418 e. The van der Waals surface area contributed by atoms with Gasteiger partial charge in [-0.05, 0) is 12.1 Å². The van der Waals surface area contributed by atoms with Crippen LogP contribution in [0.5, 0.6) is 0 Å². The Balaban J connectivity index is 1.99. The lowest BCUT2D eigenvalue weighted by molar-refractivity contribution is 0.0676. The first-order chi connectivity index (χ1) is 9.75. The van der Waals surface area contributed by atoms with Gasteiger partial charge in [-0.25, -0.2) is 9.59 Å². The molecular formula is C16H8O4. The summed E-state index contributed by atoms with van der Waals surface area (Å²) in [6.07, 6.45) is 0. The van der Waals surface area contributed by atoms with Crippen LogP contribution in [0.15, 0.2) is 48.5 Å². The molecular weight excluding hydrogens is 256 g/mol. The first kappa shape index (κ1) is 11.0. The second-order valence-corrected chi connectivity index (χ2v) is 4.53. The van der Waals surface area contributed by atoms with Crippen molar-refractivity contribution in [1.82, 2.24) is 0 Å². The van der Waals surface area contributed by atoms with Crippen LogP contribution in [0.25, 0.3) is 11.5 Å². The predicted octanol–water partition coefficient (Wildman–Crippen LogP) is 2.85. The molecule has 2 aromatic rings. The first-order valence-corrected chi connectivity index (χ1v) is 6.13. The largest absolute Gasteiger partial charge is 0.418 e. The van der Waals surface area contributed by atoms with Crippen molar-refractivity contribution >= 4 is 23.5 Å². The summed E-state index contributed by atoms with van der Waals surface area (Å²) in [6, 6.07) is 14.1. The molecule has 0 N–H and O–H groups in total. The first-order valence-electron chi connectivity index (χ1n) is 6.13. The molecule has 0 amide bonds. The van der Waals surface area contributed by atoms with E-state index < -0.39 is 11.9 Å². The summed E-state index contributed by atoms with van der Waals surface area (Å²) in [6.45, 7) is 0. The second kappa shape index (κ2) is 3.81. The molecule has 0 bridgehead atoms. The van der Waals surface area contributed by atoms with Crippen molar-refractivity contribution in [2.75, 3.05) is 0 Å². The molecule has 2 aliphatic heterocycles. The Hall–Kier alpha value is -2.88. The number of fused-ring (bicyclic) bond motifs is 2. The van der Waals surface area contributed by atoms with Crippen LogP contribution in [0, 0.1) is 0 Å². The zero-order valence-electron chi connectivity index (χ0n) is 10.3. The van der Waals surface area contributed by atoms with Crippen molar-refractivity contribution < 1.29 is 19.1 Å². The molecule has 0 radical (unpaired) electrons. The minimum absolute atomic E-state index is 0.309. The second-order valence-electron chi connectivity index (χ2n) is 4.53. The van der Waals surface area contributed by atoms with Crippen LogP contribution in [0.1, 0.15) is 31.8 Å². The van der Waals surface area contributed by atoms with E-state index in [4.69, 9.17) is 9.47 Å². The molecule has 20 heavy (non-hydrogen) atoms. The van der Waals surface area contributed by atoms with Gasteiger partial charge < -0.3 is 9.47 Å². The number of rotatable bonds is 0. The van der Waals surface area contributed by atoms with Gasteiger partial charge in [0.05, 0.1) is 11.1 Å². The van der Waals surface area contributed by atoms with Gasteiger partial charge in [-0.3, -0.25) is 0 Å². The third-order valence-corrected chi connectivity index (χ3v) is 3.38. The molecule has 0 saturated heterocycles. The van der Waals surface area contributed by atoms with Gasteiger partial charge in [-0.15, -0.1) is 0 Å². The fourth-order valence-electron chi connectivity index (χ4n) is 2.46. The maximum absolute atomic E-state index is 11.8. The Morgan fingerprint density at radius 3 is 1.30 bits per heavy atom. The van der Waals surface area contributed by atoms with Gasteiger partial charge in [-0.1, -0.05) is 36.4 Å². The predicted molar refractivity (Wildman–Crippen MR) is 70.5 cm³/mol. The van der Waals surface area contributed by atoms with E-state index in [1.807, 2.05) is 12.1 Å². The fraction of sp³-hybridized carbons (Fsp3) is 0. The Morgan fingerprint density at radius 2 is 0.900 bits per heavy atom. The topological polar surface area (TPSA) is 52.6 Å². The number of hydrogen-bond donors (Lipinski definition) is 0. The molecule has 4 rings (SSSR count). The molecule has 0 saturated carbocycles. The van der Waals surface area contributed by atoms with Gasteiger partial charge in [0.1, 0.15) is 0 Å². The summed E-state index contributed by atoms with van der Waals surface area (Å²) in [5.74, 6) is -0.236. The summed E-state index contributed by atoms with van der Waals surface area (Å²) in [5.41, 5.74) is 2.26. The molecule has 0 atom stereocenters. The van der Waals surface area contributed by atoms with Gasteiger partial charge in [0.25, 0.3) is 0 Å². The molecule has 0 spiro atoms. The third kappa shape index (κ3) is 1.36.